The maximum Gasteiger partial charge on any atom is 0.123 e. The quantitative estimate of drug-likeness (QED) is 0.175. The van der Waals surface area contributed by atoms with Gasteiger partial charge in [-0.2, -0.15) is 0 Å². The van der Waals surface area contributed by atoms with Crippen molar-refractivity contribution in [3.8, 4) is 55.3 Å². The number of nitrogens with one attached hydrogen (secondary N) is 1. The van der Waals surface area contributed by atoms with Gasteiger partial charge in [0.25, 0.3) is 0 Å². The van der Waals surface area contributed by atoms with Gasteiger partial charge in [-0.15, -0.1) is 23.1 Å². The highest BCUT2D eigenvalue weighted by molar-refractivity contribution is 8.02. The number of hydrogen-bond donors (Lipinski definition) is 1. The number of hydrogen-bond acceptors (Lipinski definition) is 6. The predicted molar refractivity (Wildman–Crippen MR) is 220 cm³/mol. The van der Waals surface area contributed by atoms with E-state index in [9.17, 15) is 0 Å². The third-order valence-electron chi connectivity index (χ3n) is 9.91. The molecule has 0 radical (unpaired) electrons. The first kappa shape index (κ1) is 30.7. The van der Waals surface area contributed by atoms with Gasteiger partial charge < -0.3 is 5.32 Å². The third kappa shape index (κ3) is 5.35. The van der Waals surface area contributed by atoms with E-state index < -0.39 is 0 Å². The Kier molecular flexibility index (Phi) is 7.63. The highest BCUT2D eigenvalue weighted by Crippen LogP contribution is 2.45. The van der Waals surface area contributed by atoms with Crippen molar-refractivity contribution in [3.05, 3.63) is 175 Å². The van der Waals surface area contributed by atoms with Crippen molar-refractivity contribution in [1.82, 2.24) is 20.3 Å². The van der Waals surface area contributed by atoms with Crippen LogP contribution < -0.4 is 5.32 Å². The lowest BCUT2D eigenvalue weighted by Gasteiger charge is -2.19. The van der Waals surface area contributed by atoms with Gasteiger partial charge >= 0.3 is 0 Å². The van der Waals surface area contributed by atoms with Gasteiger partial charge in [0.2, 0.25) is 0 Å². The lowest BCUT2D eigenvalue weighted by Crippen LogP contribution is -2.07. The second kappa shape index (κ2) is 12.9. The number of fused-ring (bicyclic) bond motifs is 3. The van der Waals surface area contributed by atoms with Crippen molar-refractivity contribution < 1.29 is 0 Å². The molecule has 9 aromatic rings. The van der Waals surface area contributed by atoms with Crippen LogP contribution in [-0.4, -0.2) is 15.0 Å². The molecule has 246 valence electrons. The van der Waals surface area contributed by atoms with Crippen LogP contribution in [0.25, 0.3) is 87.7 Å². The van der Waals surface area contributed by atoms with Crippen LogP contribution in [0.4, 0.5) is 0 Å². The molecule has 3 aromatic heterocycles. The summed E-state index contributed by atoms with van der Waals surface area (Å²) < 4.78 is 0. The van der Waals surface area contributed by atoms with E-state index in [1.807, 2.05) is 36.2 Å². The van der Waals surface area contributed by atoms with Gasteiger partial charge in [-0.25, -0.2) is 4.98 Å². The molecular weight excluding hydrogens is 673 g/mol. The number of aromatic nitrogens is 3. The zero-order chi connectivity index (χ0) is 34.4. The number of rotatable bonds is 6. The highest BCUT2D eigenvalue weighted by atomic mass is 32.2. The third-order valence-corrected chi connectivity index (χ3v) is 11.7. The van der Waals surface area contributed by atoms with Crippen LogP contribution in [0.2, 0.25) is 0 Å². The Bertz CT molecular complexity index is 2790. The fourth-order valence-corrected chi connectivity index (χ4v) is 8.91. The molecule has 1 aliphatic heterocycles. The van der Waals surface area contributed by atoms with Crippen LogP contribution in [0.1, 0.15) is 10.9 Å². The zero-order valence-corrected chi connectivity index (χ0v) is 29.5. The molecule has 0 saturated heterocycles. The maximum absolute atomic E-state index is 5.02. The Balaban J connectivity index is 1.19. The smallest absolute Gasteiger partial charge is 0.123 e. The lowest BCUT2D eigenvalue weighted by atomic mass is 9.86. The minimum Gasteiger partial charge on any atom is -0.375 e. The standard InChI is InChI=1S/C46H30N4S2/c1-2-8-35-30(6-1)7-5-11-36(35)31-14-12-29(13-15-31)32-16-17-39-40(26-32)44(42-28-34(19-21-48-42)46-50-23-25-52-46)38-10-4-3-9-37(38)43(39)41-27-33(18-20-47-41)45-49-22-24-51-45/h1-28,46,50H. The summed E-state index contributed by atoms with van der Waals surface area (Å²) in [5, 5.41) is 15.8. The van der Waals surface area contributed by atoms with E-state index in [-0.39, 0.29) is 5.37 Å². The van der Waals surface area contributed by atoms with E-state index in [4.69, 9.17) is 9.97 Å². The van der Waals surface area contributed by atoms with Gasteiger partial charge in [0.1, 0.15) is 10.4 Å². The SMILES string of the molecule is C1=CSC(c2ccnc(-c3c4ccccc4c(-c4cc(-c5nccs5)ccn4)c4ccc(-c5ccc(-c6cccc7ccccc67)cc5)cc34)c2)N1. The van der Waals surface area contributed by atoms with Crippen molar-refractivity contribution >= 4 is 55.4 Å². The molecule has 0 bridgehead atoms. The van der Waals surface area contributed by atoms with Gasteiger partial charge in [0.05, 0.1) is 11.4 Å². The largest absolute Gasteiger partial charge is 0.375 e. The average Bonchev–Trinajstić information content (AvgIpc) is 3.96. The van der Waals surface area contributed by atoms with Crippen LogP contribution in [0.5, 0.6) is 0 Å². The van der Waals surface area contributed by atoms with E-state index >= 15 is 0 Å². The van der Waals surface area contributed by atoms with Crippen molar-refractivity contribution in [2.45, 2.75) is 5.37 Å². The van der Waals surface area contributed by atoms with Crippen LogP contribution in [-0.2, 0) is 0 Å². The van der Waals surface area contributed by atoms with Crippen molar-refractivity contribution in [1.29, 1.82) is 0 Å². The monoisotopic (exact) mass is 702 g/mol. The molecule has 4 nitrogen and oxygen atoms in total. The van der Waals surface area contributed by atoms with E-state index in [1.54, 1.807) is 23.1 Å². The Labute approximate surface area is 309 Å². The van der Waals surface area contributed by atoms with Gasteiger partial charge in [-0.1, -0.05) is 103 Å². The molecule has 0 saturated carbocycles. The van der Waals surface area contributed by atoms with Crippen LogP contribution >= 0.6 is 23.1 Å². The zero-order valence-electron chi connectivity index (χ0n) is 27.9. The summed E-state index contributed by atoms with van der Waals surface area (Å²) in [6.45, 7) is 0. The Morgan fingerprint density at radius 2 is 1.19 bits per heavy atom. The van der Waals surface area contributed by atoms with Gasteiger partial charge in [-0.05, 0) is 95.9 Å². The number of thiazole rings is 1. The summed E-state index contributed by atoms with van der Waals surface area (Å²) in [7, 11) is 0. The van der Waals surface area contributed by atoms with Crippen molar-refractivity contribution in [2.75, 3.05) is 0 Å². The summed E-state index contributed by atoms with van der Waals surface area (Å²) in [6, 6.07) is 48.2. The predicted octanol–water partition coefficient (Wildman–Crippen LogP) is 12.5. The summed E-state index contributed by atoms with van der Waals surface area (Å²) in [5.74, 6) is 0. The normalized spacial score (nSPS) is 14.0. The van der Waals surface area contributed by atoms with Crippen molar-refractivity contribution in [3.63, 3.8) is 0 Å². The highest BCUT2D eigenvalue weighted by Gasteiger charge is 2.21. The van der Waals surface area contributed by atoms with E-state index in [2.05, 4.69) is 143 Å². The number of benzene rings is 6. The second-order valence-electron chi connectivity index (χ2n) is 12.9. The Hall–Kier alpha value is -6.08. The molecule has 1 N–H and O–H groups in total. The summed E-state index contributed by atoms with van der Waals surface area (Å²) in [5.41, 5.74) is 11.1. The fourth-order valence-electron chi connectivity index (χ4n) is 7.50. The molecule has 1 unspecified atom stereocenters. The van der Waals surface area contributed by atoms with E-state index in [0.29, 0.717) is 0 Å². The van der Waals surface area contributed by atoms with E-state index in [0.717, 1.165) is 65.8 Å². The summed E-state index contributed by atoms with van der Waals surface area (Å²) in [4.78, 5) is 14.6. The molecule has 1 atom stereocenters. The first-order valence-electron chi connectivity index (χ1n) is 17.2. The van der Waals surface area contributed by atoms with Crippen LogP contribution in [0.15, 0.2) is 169 Å². The number of thioether (sulfide) groups is 1. The van der Waals surface area contributed by atoms with Gasteiger partial charge in [0.15, 0.2) is 0 Å². The van der Waals surface area contributed by atoms with Gasteiger partial charge in [-0.3, -0.25) is 9.97 Å². The number of nitrogens with zero attached hydrogens (tertiary/aromatic N) is 3. The van der Waals surface area contributed by atoms with Crippen LogP contribution in [0.3, 0.4) is 0 Å². The van der Waals surface area contributed by atoms with E-state index in [1.165, 1.54) is 27.5 Å². The average molecular weight is 703 g/mol. The molecule has 6 aromatic carbocycles. The van der Waals surface area contributed by atoms with Crippen LogP contribution in [0, 0.1) is 0 Å². The Morgan fingerprint density at radius 1 is 0.500 bits per heavy atom. The molecule has 0 amide bonds. The molecule has 10 rings (SSSR count). The molecule has 52 heavy (non-hydrogen) atoms. The first-order valence-corrected chi connectivity index (χ1v) is 19.1. The molecular formula is C46H30N4S2. The molecule has 0 aliphatic carbocycles. The summed E-state index contributed by atoms with van der Waals surface area (Å²) in [6.07, 6.45) is 7.71. The number of pyridine rings is 2. The topological polar surface area (TPSA) is 50.7 Å². The fraction of sp³-hybridized carbons (Fsp3) is 0.0217. The minimum absolute atomic E-state index is 0.159. The molecule has 6 heteroatoms. The molecule has 0 spiro atoms. The first-order chi connectivity index (χ1) is 25.8. The Morgan fingerprint density at radius 3 is 1.98 bits per heavy atom. The lowest BCUT2D eigenvalue weighted by molar-refractivity contribution is 0.860. The molecule has 1 aliphatic rings. The summed E-state index contributed by atoms with van der Waals surface area (Å²) >= 11 is 3.41. The second-order valence-corrected chi connectivity index (χ2v) is 14.8. The minimum atomic E-state index is 0.159. The molecule has 0 fully saturated rings. The van der Waals surface area contributed by atoms with Gasteiger partial charge in [0, 0.05) is 46.9 Å². The maximum atomic E-state index is 5.02. The molecule has 4 heterocycles. The van der Waals surface area contributed by atoms with Crippen molar-refractivity contribution in [2.24, 2.45) is 0 Å².